The third-order valence-corrected chi connectivity index (χ3v) is 2.60. The minimum atomic E-state index is 0.799. The van der Waals surface area contributed by atoms with E-state index in [0.29, 0.717) is 0 Å². The first-order valence-corrected chi connectivity index (χ1v) is 4.89. The second-order valence-electron chi connectivity index (χ2n) is 3.77. The summed E-state index contributed by atoms with van der Waals surface area (Å²) in [6, 6.07) is 6.01. The molecule has 1 aromatic heterocycles. The van der Waals surface area contributed by atoms with Gasteiger partial charge in [-0.15, -0.1) is 0 Å². The number of nitrogen functional groups attached to an aromatic ring is 1. The van der Waals surface area contributed by atoms with Crippen LogP contribution in [-0.2, 0) is 0 Å². The molecular weight excluding hydrogens is 188 g/mol. The fourth-order valence-electron chi connectivity index (χ4n) is 1.69. The summed E-state index contributed by atoms with van der Waals surface area (Å²) in [5.41, 5.74) is 10.8. The van der Waals surface area contributed by atoms with Crippen molar-refractivity contribution in [3.63, 3.8) is 0 Å². The second-order valence-corrected chi connectivity index (χ2v) is 3.77. The van der Waals surface area contributed by atoms with Crippen LogP contribution in [0.25, 0.3) is 11.1 Å². The topological polar surface area (TPSA) is 52.0 Å². The predicted octanol–water partition coefficient (Wildman–Crippen LogP) is 2.85. The lowest BCUT2D eigenvalue weighted by Crippen LogP contribution is -1.90. The zero-order valence-electron chi connectivity index (χ0n) is 9.16. The van der Waals surface area contributed by atoms with Crippen molar-refractivity contribution < 1.29 is 4.52 Å². The van der Waals surface area contributed by atoms with Gasteiger partial charge in [-0.05, 0) is 38.0 Å². The van der Waals surface area contributed by atoms with Crippen LogP contribution < -0.4 is 5.73 Å². The number of nitrogens with zero attached hydrogens (tertiary/aromatic N) is 1. The lowest BCUT2D eigenvalue weighted by atomic mass is 10.0. The highest BCUT2D eigenvalue weighted by Crippen LogP contribution is 2.29. The van der Waals surface area contributed by atoms with Gasteiger partial charge in [0.2, 0.25) is 0 Å². The molecule has 0 fully saturated rings. The van der Waals surface area contributed by atoms with E-state index in [1.54, 1.807) is 0 Å². The van der Waals surface area contributed by atoms with Gasteiger partial charge in [-0.25, -0.2) is 0 Å². The van der Waals surface area contributed by atoms with Crippen molar-refractivity contribution in [1.82, 2.24) is 5.16 Å². The maximum atomic E-state index is 5.88. The molecule has 0 radical (unpaired) electrons. The van der Waals surface area contributed by atoms with Crippen LogP contribution in [0.15, 0.2) is 22.7 Å². The minimum absolute atomic E-state index is 0.799. The maximum absolute atomic E-state index is 5.88. The average Bonchev–Trinajstić information content (AvgIpc) is 2.52. The van der Waals surface area contributed by atoms with Gasteiger partial charge < -0.3 is 10.3 Å². The Labute approximate surface area is 88.9 Å². The van der Waals surface area contributed by atoms with Crippen LogP contribution in [0, 0.1) is 20.8 Å². The van der Waals surface area contributed by atoms with E-state index in [1.807, 2.05) is 39.0 Å². The van der Waals surface area contributed by atoms with Gasteiger partial charge in [0.25, 0.3) is 0 Å². The first-order chi connectivity index (χ1) is 7.09. The van der Waals surface area contributed by atoms with E-state index in [0.717, 1.165) is 33.8 Å². The van der Waals surface area contributed by atoms with E-state index in [2.05, 4.69) is 5.16 Å². The highest BCUT2D eigenvalue weighted by atomic mass is 16.5. The maximum Gasteiger partial charge on any atom is 0.141 e. The average molecular weight is 202 g/mol. The molecule has 0 aliphatic carbocycles. The number of nitrogens with two attached hydrogens (primary N) is 1. The van der Waals surface area contributed by atoms with E-state index in [-0.39, 0.29) is 0 Å². The quantitative estimate of drug-likeness (QED) is 0.723. The SMILES string of the molecule is Cc1ccc(-c2c(C)noc2C)cc1N. The first-order valence-electron chi connectivity index (χ1n) is 4.89. The Morgan fingerprint density at radius 1 is 1.20 bits per heavy atom. The Morgan fingerprint density at radius 2 is 1.93 bits per heavy atom. The molecule has 0 aliphatic heterocycles. The Kier molecular flexibility index (Phi) is 2.23. The van der Waals surface area contributed by atoms with Crippen molar-refractivity contribution in [3.8, 4) is 11.1 Å². The van der Waals surface area contributed by atoms with E-state index in [1.165, 1.54) is 0 Å². The molecule has 15 heavy (non-hydrogen) atoms. The van der Waals surface area contributed by atoms with E-state index >= 15 is 0 Å². The molecule has 0 spiro atoms. The summed E-state index contributed by atoms with van der Waals surface area (Å²) in [4.78, 5) is 0. The van der Waals surface area contributed by atoms with Crippen LogP contribution in [0.5, 0.6) is 0 Å². The molecule has 2 rings (SSSR count). The molecule has 1 heterocycles. The highest BCUT2D eigenvalue weighted by molar-refractivity contribution is 5.71. The molecule has 0 amide bonds. The molecule has 0 bridgehead atoms. The fraction of sp³-hybridized carbons (Fsp3) is 0.250. The molecule has 2 aromatic rings. The third kappa shape index (κ3) is 1.61. The number of aryl methyl sites for hydroxylation is 3. The van der Waals surface area contributed by atoms with Gasteiger partial charge in [0, 0.05) is 11.3 Å². The molecule has 3 nitrogen and oxygen atoms in total. The summed E-state index contributed by atoms with van der Waals surface area (Å²) in [5.74, 6) is 0.829. The standard InChI is InChI=1S/C12H14N2O/c1-7-4-5-10(6-11(7)13)12-8(2)14-15-9(12)3/h4-6H,13H2,1-3H3. The Morgan fingerprint density at radius 3 is 2.47 bits per heavy atom. The van der Waals surface area contributed by atoms with Crippen LogP contribution in [0.3, 0.4) is 0 Å². The van der Waals surface area contributed by atoms with E-state index in [4.69, 9.17) is 10.3 Å². The van der Waals surface area contributed by atoms with Crippen molar-refractivity contribution in [2.45, 2.75) is 20.8 Å². The normalized spacial score (nSPS) is 10.6. The van der Waals surface area contributed by atoms with Gasteiger partial charge in [0.05, 0.1) is 5.69 Å². The van der Waals surface area contributed by atoms with Crippen molar-refractivity contribution in [3.05, 3.63) is 35.2 Å². The third-order valence-electron chi connectivity index (χ3n) is 2.60. The summed E-state index contributed by atoms with van der Waals surface area (Å²) >= 11 is 0. The summed E-state index contributed by atoms with van der Waals surface area (Å²) in [6.07, 6.45) is 0. The van der Waals surface area contributed by atoms with Crippen LogP contribution in [0.4, 0.5) is 5.69 Å². The molecule has 0 aliphatic rings. The number of benzene rings is 1. The van der Waals surface area contributed by atoms with Gasteiger partial charge in [-0.3, -0.25) is 0 Å². The number of hydrogen-bond acceptors (Lipinski definition) is 3. The fourth-order valence-corrected chi connectivity index (χ4v) is 1.69. The molecule has 1 aromatic carbocycles. The summed E-state index contributed by atoms with van der Waals surface area (Å²) < 4.78 is 5.13. The van der Waals surface area contributed by atoms with Gasteiger partial charge in [-0.1, -0.05) is 17.3 Å². The lowest BCUT2D eigenvalue weighted by molar-refractivity contribution is 0.393. The van der Waals surface area contributed by atoms with Crippen molar-refractivity contribution in [2.24, 2.45) is 0 Å². The van der Waals surface area contributed by atoms with Crippen molar-refractivity contribution >= 4 is 5.69 Å². The number of hydrogen-bond donors (Lipinski definition) is 1. The van der Waals surface area contributed by atoms with Crippen LogP contribution >= 0.6 is 0 Å². The number of aromatic nitrogens is 1. The van der Waals surface area contributed by atoms with Gasteiger partial charge in [-0.2, -0.15) is 0 Å². The van der Waals surface area contributed by atoms with Crippen LogP contribution in [0.1, 0.15) is 17.0 Å². The van der Waals surface area contributed by atoms with E-state index < -0.39 is 0 Å². The van der Waals surface area contributed by atoms with Crippen LogP contribution in [-0.4, -0.2) is 5.16 Å². The Hall–Kier alpha value is -1.77. The molecule has 0 atom stereocenters. The first kappa shape index (κ1) is 9.77. The van der Waals surface area contributed by atoms with Gasteiger partial charge in [0.15, 0.2) is 0 Å². The summed E-state index contributed by atoms with van der Waals surface area (Å²) in [7, 11) is 0. The predicted molar refractivity (Wildman–Crippen MR) is 60.6 cm³/mol. The lowest BCUT2D eigenvalue weighted by Gasteiger charge is -2.04. The number of rotatable bonds is 1. The van der Waals surface area contributed by atoms with E-state index in [9.17, 15) is 0 Å². The zero-order valence-corrected chi connectivity index (χ0v) is 9.16. The zero-order chi connectivity index (χ0) is 11.0. The van der Waals surface area contributed by atoms with Crippen molar-refractivity contribution in [1.29, 1.82) is 0 Å². The molecule has 3 heteroatoms. The molecular formula is C12H14N2O. The van der Waals surface area contributed by atoms with Gasteiger partial charge in [0.1, 0.15) is 5.76 Å². The molecule has 0 saturated heterocycles. The van der Waals surface area contributed by atoms with Crippen molar-refractivity contribution in [2.75, 3.05) is 5.73 Å². The van der Waals surface area contributed by atoms with Gasteiger partial charge >= 0.3 is 0 Å². The molecule has 0 saturated carbocycles. The second kappa shape index (κ2) is 3.42. The molecule has 2 N–H and O–H groups in total. The van der Waals surface area contributed by atoms with Crippen LogP contribution in [0.2, 0.25) is 0 Å². The summed E-state index contributed by atoms with van der Waals surface area (Å²) in [6.45, 7) is 5.83. The summed E-state index contributed by atoms with van der Waals surface area (Å²) in [5, 5.41) is 3.93. The molecule has 0 unspecified atom stereocenters. The minimum Gasteiger partial charge on any atom is -0.398 e. The number of anilines is 1. The Bertz CT molecular complexity index is 481. The largest absolute Gasteiger partial charge is 0.398 e. The molecule has 78 valence electrons. The highest BCUT2D eigenvalue weighted by Gasteiger charge is 2.11. The smallest absolute Gasteiger partial charge is 0.141 e. The Balaban J connectivity index is 2.59. The monoisotopic (exact) mass is 202 g/mol.